The molecule has 1 unspecified atom stereocenters. The Labute approximate surface area is 250 Å². The first-order valence-corrected chi connectivity index (χ1v) is 13.5. The second kappa shape index (κ2) is 11.4. The number of anilines is 3. The lowest BCUT2D eigenvalue weighted by atomic mass is 9.76. The zero-order valence-electron chi connectivity index (χ0n) is 23.6. The molecule has 0 bridgehead atoms. The molecule has 12 heteroatoms. The number of hydrogen-bond donors (Lipinski definition) is 3. The lowest BCUT2D eigenvalue weighted by Gasteiger charge is -2.28. The first kappa shape index (κ1) is 30.1. The third kappa shape index (κ3) is 5.78. The van der Waals surface area contributed by atoms with Gasteiger partial charge in [-0.25, -0.2) is 0 Å². The Morgan fingerprint density at radius 2 is 1.64 bits per heavy atom. The molecule has 1 atom stereocenters. The summed E-state index contributed by atoms with van der Waals surface area (Å²) in [4.78, 5) is 36.7. The van der Waals surface area contributed by atoms with Crippen molar-refractivity contribution < 1.29 is 32.4 Å². The average molecular weight is 605 g/mol. The molecule has 4 aromatic carbocycles. The topological polar surface area (TPSA) is 137 Å². The third-order valence-electron chi connectivity index (χ3n) is 7.86. The summed E-state index contributed by atoms with van der Waals surface area (Å²) in [5, 5.41) is 17.4. The van der Waals surface area contributed by atoms with Gasteiger partial charge < -0.3 is 21.1 Å². The Morgan fingerprint density at radius 1 is 0.909 bits per heavy atom. The first-order valence-electron chi connectivity index (χ1n) is 13.5. The fourth-order valence-corrected chi connectivity index (χ4v) is 5.18. The fourth-order valence-electron chi connectivity index (χ4n) is 5.18. The van der Waals surface area contributed by atoms with Crippen molar-refractivity contribution in [2.24, 2.45) is 5.73 Å². The number of hydrogen-bond acceptors (Lipinski definition) is 6. The van der Waals surface area contributed by atoms with Crippen LogP contribution in [-0.4, -0.2) is 23.8 Å². The normalized spacial score (nSPS) is 13.8. The average Bonchev–Trinajstić information content (AvgIpc) is 3.13. The summed E-state index contributed by atoms with van der Waals surface area (Å²) in [5.74, 6) is -0.985. The summed E-state index contributed by atoms with van der Waals surface area (Å²) < 4.78 is 44.8. The van der Waals surface area contributed by atoms with E-state index in [1.807, 2.05) is 0 Å². The van der Waals surface area contributed by atoms with Gasteiger partial charge in [0.25, 0.3) is 5.91 Å². The highest BCUT2D eigenvalue weighted by Gasteiger charge is 2.35. The molecular weight excluding hydrogens is 577 g/mol. The van der Waals surface area contributed by atoms with Gasteiger partial charge in [-0.2, -0.15) is 13.2 Å². The number of nitrogens with two attached hydrogens (primary N) is 1. The van der Waals surface area contributed by atoms with Crippen LogP contribution in [0, 0.1) is 10.1 Å². The molecule has 0 radical (unpaired) electrons. The molecule has 226 valence electrons. The monoisotopic (exact) mass is 604 g/mol. The maximum atomic E-state index is 13.2. The van der Waals surface area contributed by atoms with Crippen molar-refractivity contribution in [2.75, 3.05) is 17.7 Å². The van der Waals surface area contributed by atoms with Gasteiger partial charge in [0.15, 0.2) is 5.75 Å². The lowest BCUT2D eigenvalue weighted by molar-refractivity contribution is -0.385. The van der Waals surface area contributed by atoms with Gasteiger partial charge in [-0.15, -0.1) is 0 Å². The van der Waals surface area contributed by atoms with Crippen molar-refractivity contribution in [3.05, 3.63) is 111 Å². The number of rotatable bonds is 8. The molecule has 0 spiro atoms. The van der Waals surface area contributed by atoms with Gasteiger partial charge in [0.2, 0.25) is 5.91 Å². The molecule has 44 heavy (non-hydrogen) atoms. The highest BCUT2D eigenvalue weighted by Crippen LogP contribution is 2.40. The number of carbonyl (C=O) groups excluding carboxylic acids is 2. The summed E-state index contributed by atoms with van der Waals surface area (Å²) in [5.41, 5.74) is 7.55. The molecule has 0 saturated carbocycles. The summed E-state index contributed by atoms with van der Waals surface area (Å²) in [6.07, 6.45) is -4.20. The number of nitro groups is 1. The van der Waals surface area contributed by atoms with Crippen LogP contribution in [-0.2, 0) is 22.8 Å². The molecule has 9 nitrogen and oxygen atoms in total. The zero-order valence-corrected chi connectivity index (χ0v) is 23.6. The maximum absolute atomic E-state index is 13.2. The number of halogens is 3. The summed E-state index contributed by atoms with van der Waals surface area (Å²) in [6.45, 7) is 1.62. The van der Waals surface area contributed by atoms with Crippen LogP contribution in [0.2, 0.25) is 0 Å². The van der Waals surface area contributed by atoms with Crippen LogP contribution in [0.25, 0.3) is 11.1 Å². The van der Waals surface area contributed by atoms with Crippen LogP contribution >= 0.6 is 0 Å². The van der Waals surface area contributed by atoms with E-state index in [2.05, 4.69) is 10.6 Å². The number of alkyl halides is 3. The van der Waals surface area contributed by atoms with Crippen molar-refractivity contribution in [3.63, 3.8) is 0 Å². The van der Waals surface area contributed by atoms with E-state index in [1.165, 1.54) is 19.2 Å². The van der Waals surface area contributed by atoms with Gasteiger partial charge in [-0.3, -0.25) is 19.7 Å². The fraction of sp³-hybridized carbons (Fsp3) is 0.188. The number of aryl methyl sites for hydroxylation is 1. The number of primary amides is 1. The van der Waals surface area contributed by atoms with Gasteiger partial charge in [0, 0.05) is 6.07 Å². The largest absolute Gasteiger partial charge is 0.490 e. The Hall–Kier alpha value is -5.39. The highest BCUT2D eigenvalue weighted by molar-refractivity contribution is 6.12. The minimum Gasteiger partial charge on any atom is -0.490 e. The first-order chi connectivity index (χ1) is 20.8. The second-order valence-electron chi connectivity index (χ2n) is 10.6. The smallest absolute Gasteiger partial charge is 0.416 e. The van der Waals surface area contributed by atoms with E-state index in [4.69, 9.17) is 10.5 Å². The van der Waals surface area contributed by atoms with E-state index in [-0.39, 0.29) is 24.3 Å². The highest BCUT2D eigenvalue weighted by atomic mass is 19.4. The number of methoxy groups -OCH3 is 1. The quantitative estimate of drug-likeness (QED) is 0.147. The molecule has 5 rings (SSSR count). The maximum Gasteiger partial charge on any atom is 0.416 e. The molecule has 1 heterocycles. The van der Waals surface area contributed by atoms with Crippen molar-refractivity contribution >= 4 is 34.6 Å². The van der Waals surface area contributed by atoms with E-state index in [1.54, 1.807) is 61.5 Å². The Bertz CT molecular complexity index is 1810. The minimum absolute atomic E-state index is 0.0941. The Kier molecular flexibility index (Phi) is 7.77. The van der Waals surface area contributed by atoms with Gasteiger partial charge in [-0.05, 0) is 84.5 Å². The van der Waals surface area contributed by atoms with Crippen LogP contribution in [0.15, 0.2) is 78.9 Å². The predicted molar refractivity (Wildman–Crippen MR) is 159 cm³/mol. The lowest BCUT2D eigenvalue weighted by Crippen LogP contribution is -2.39. The van der Waals surface area contributed by atoms with E-state index in [0.29, 0.717) is 44.9 Å². The van der Waals surface area contributed by atoms with E-state index in [9.17, 15) is 32.9 Å². The molecule has 0 aliphatic carbocycles. The van der Waals surface area contributed by atoms with Gasteiger partial charge in [0.05, 0.1) is 45.6 Å². The molecule has 4 aromatic rings. The van der Waals surface area contributed by atoms with Crippen LogP contribution in [0.3, 0.4) is 0 Å². The molecule has 1 aliphatic rings. The number of nitrogens with zero attached hydrogens (tertiary/aromatic N) is 1. The van der Waals surface area contributed by atoms with Crippen LogP contribution in [0.4, 0.5) is 35.9 Å². The predicted octanol–water partition coefficient (Wildman–Crippen LogP) is 6.97. The number of benzene rings is 4. The molecule has 0 fully saturated rings. The third-order valence-corrected chi connectivity index (χ3v) is 7.86. The van der Waals surface area contributed by atoms with Gasteiger partial charge in [-0.1, -0.05) is 30.3 Å². The number of nitro benzene ring substituents is 1. The number of fused-ring (bicyclic) bond motifs is 2. The van der Waals surface area contributed by atoms with E-state index >= 15 is 0 Å². The van der Waals surface area contributed by atoms with Crippen molar-refractivity contribution in [1.82, 2.24) is 0 Å². The summed E-state index contributed by atoms with van der Waals surface area (Å²) >= 11 is 0. The van der Waals surface area contributed by atoms with Gasteiger partial charge in [0.1, 0.15) is 0 Å². The number of carbonyl (C=O) groups is 2. The number of nitrogens with one attached hydrogen (secondary N) is 2. The van der Waals surface area contributed by atoms with Crippen LogP contribution in [0.1, 0.15) is 40.4 Å². The number of amides is 2. The molecule has 0 aromatic heterocycles. The Balaban J connectivity index is 1.44. The zero-order chi connectivity index (χ0) is 31.8. The van der Waals surface area contributed by atoms with Crippen molar-refractivity contribution in [2.45, 2.75) is 31.4 Å². The Morgan fingerprint density at radius 3 is 2.32 bits per heavy atom. The van der Waals surface area contributed by atoms with Crippen LogP contribution < -0.4 is 21.1 Å². The van der Waals surface area contributed by atoms with Crippen molar-refractivity contribution in [1.29, 1.82) is 0 Å². The minimum atomic E-state index is -4.49. The molecule has 1 aliphatic heterocycles. The summed E-state index contributed by atoms with van der Waals surface area (Å²) in [7, 11) is 1.34. The van der Waals surface area contributed by atoms with E-state index < -0.39 is 33.9 Å². The molecule has 0 saturated heterocycles. The molecule has 2 amide bonds. The SMILES string of the molecule is COc1cc(-c2ccc3c(c2)Nc2ccc(C(C)(CCc4cccc(C(F)(F)F)c4)C(N)=O)cc2NC3=O)ccc1[N+](=O)[O-]. The standard InChI is InChI=1S/C32H27F3N4O5/c1-31(30(36)41,13-12-18-4-3-5-22(14-18)32(33,34)35)21-8-10-24-26(17-21)38-29(40)23-9-6-19(15-25(23)37-24)20-7-11-27(39(42)43)28(16-20)44-2/h3-11,14-17,37H,12-13H2,1-2H3,(H2,36,41)(H,38,40). The summed E-state index contributed by atoms with van der Waals surface area (Å²) in [6, 6.07) is 19.5. The molecular formula is C32H27F3N4O5. The molecule has 4 N–H and O–H groups in total. The van der Waals surface area contributed by atoms with Gasteiger partial charge >= 0.3 is 11.9 Å². The second-order valence-corrected chi connectivity index (χ2v) is 10.6. The van der Waals surface area contributed by atoms with Crippen molar-refractivity contribution in [3.8, 4) is 16.9 Å². The number of ether oxygens (including phenoxy) is 1. The van der Waals surface area contributed by atoms with Crippen LogP contribution in [0.5, 0.6) is 5.75 Å². The van der Waals surface area contributed by atoms with E-state index in [0.717, 1.165) is 12.1 Å².